The zero-order valence-corrected chi connectivity index (χ0v) is 13.3. The number of hydrogen-bond acceptors (Lipinski definition) is 4. The summed E-state index contributed by atoms with van der Waals surface area (Å²) in [6, 6.07) is 5.46. The maximum Gasteiger partial charge on any atom is 0.307 e. The van der Waals surface area contributed by atoms with Gasteiger partial charge in [-0.3, -0.25) is 9.59 Å². The van der Waals surface area contributed by atoms with Crippen molar-refractivity contribution in [3.63, 3.8) is 0 Å². The van der Waals surface area contributed by atoms with Crippen molar-refractivity contribution in [2.75, 3.05) is 7.11 Å². The van der Waals surface area contributed by atoms with Crippen molar-refractivity contribution in [1.29, 1.82) is 0 Å². The number of benzene rings is 1. The molecule has 0 atom stereocenters. The van der Waals surface area contributed by atoms with Crippen LogP contribution in [0.2, 0.25) is 5.02 Å². The summed E-state index contributed by atoms with van der Waals surface area (Å²) in [5, 5.41) is 0.622. The van der Waals surface area contributed by atoms with Crippen molar-refractivity contribution in [3.05, 3.63) is 28.0 Å². The second-order valence-electron chi connectivity index (χ2n) is 4.33. The van der Waals surface area contributed by atoms with E-state index in [1.165, 1.54) is 18.4 Å². The van der Waals surface area contributed by atoms with Crippen LogP contribution >= 0.6 is 22.9 Å². The Bertz CT molecular complexity index is 748. The molecule has 0 unspecified atom stereocenters. The van der Waals surface area contributed by atoms with Crippen LogP contribution < -0.4 is 4.80 Å². The predicted octanol–water partition coefficient (Wildman–Crippen LogP) is 2.76. The highest BCUT2D eigenvalue weighted by Crippen LogP contribution is 2.22. The fraction of sp³-hybridized carbons (Fsp3) is 0.357. The third-order valence-corrected chi connectivity index (χ3v) is 4.21. The number of nitrogens with zero attached hydrogens (tertiary/aromatic N) is 2. The Morgan fingerprint density at radius 1 is 1.43 bits per heavy atom. The van der Waals surface area contributed by atoms with Gasteiger partial charge in [-0.1, -0.05) is 29.9 Å². The largest absolute Gasteiger partial charge is 0.469 e. The van der Waals surface area contributed by atoms with Gasteiger partial charge in [-0.05, 0) is 18.2 Å². The molecule has 2 rings (SSSR count). The first-order chi connectivity index (χ1) is 10.0. The number of rotatable bonds is 4. The van der Waals surface area contributed by atoms with Gasteiger partial charge >= 0.3 is 5.97 Å². The number of methoxy groups -OCH3 is 1. The molecule has 0 radical (unpaired) electrons. The van der Waals surface area contributed by atoms with E-state index < -0.39 is 0 Å². The summed E-state index contributed by atoms with van der Waals surface area (Å²) in [6.45, 7) is 2.17. The molecule has 1 aromatic heterocycles. The van der Waals surface area contributed by atoms with E-state index >= 15 is 0 Å². The van der Waals surface area contributed by atoms with Gasteiger partial charge < -0.3 is 9.30 Å². The molecule has 0 aliphatic heterocycles. The van der Waals surface area contributed by atoms with Crippen LogP contribution in [0.5, 0.6) is 0 Å². The van der Waals surface area contributed by atoms with E-state index in [1.54, 1.807) is 13.0 Å². The van der Waals surface area contributed by atoms with Crippen molar-refractivity contribution in [1.82, 2.24) is 4.57 Å². The van der Waals surface area contributed by atoms with E-state index in [-0.39, 0.29) is 18.3 Å². The molecule has 1 amide bonds. The molecular weight excluding hydrogens is 312 g/mol. The number of thiazole rings is 1. The summed E-state index contributed by atoms with van der Waals surface area (Å²) in [6.07, 6.45) is 0.560. The lowest BCUT2D eigenvalue weighted by molar-refractivity contribution is -0.140. The Kier molecular flexibility index (Phi) is 5.14. The van der Waals surface area contributed by atoms with Crippen LogP contribution in [-0.2, 0) is 20.9 Å². The molecule has 7 heteroatoms. The maximum atomic E-state index is 11.6. The molecule has 0 N–H and O–H groups in total. The van der Waals surface area contributed by atoms with Crippen LogP contribution in [0.4, 0.5) is 0 Å². The lowest BCUT2D eigenvalue weighted by Crippen LogP contribution is -2.19. The van der Waals surface area contributed by atoms with Crippen molar-refractivity contribution in [2.45, 2.75) is 26.3 Å². The number of ether oxygens (including phenoxy) is 1. The van der Waals surface area contributed by atoms with Gasteiger partial charge in [0.05, 0.1) is 23.7 Å². The number of amides is 1. The molecule has 1 heterocycles. The number of halogens is 1. The monoisotopic (exact) mass is 326 g/mol. The summed E-state index contributed by atoms with van der Waals surface area (Å²) in [5.41, 5.74) is 0.899. The first-order valence-corrected chi connectivity index (χ1v) is 7.68. The predicted molar refractivity (Wildman–Crippen MR) is 82.3 cm³/mol. The Hall–Kier alpha value is -1.66. The fourth-order valence-corrected chi connectivity index (χ4v) is 3.19. The lowest BCUT2D eigenvalue weighted by atomic mass is 10.3. The molecule has 0 saturated carbocycles. The average Bonchev–Trinajstić information content (AvgIpc) is 2.80. The molecule has 112 valence electrons. The quantitative estimate of drug-likeness (QED) is 0.812. The van der Waals surface area contributed by atoms with Crippen molar-refractivity contribution < 1.29 is 14.3 Å². The van der Waals surface area contributed by atoms with Crippen LogP contribution in [0, 0.1) is 0 Å². The van der Waals surface area contributed by atoms with Gasteiger partial charge in [0.2, 0.25) is 5.91 Å². The number of aryl methyl sites for hydroxylation is 1. The van der Waals surface area contributed by atoms with E-state index in [4.69, 9.17) is 11.6 Å². The normalized spacial score (nSPS) is 11.9. The molecule has 1 aromatic carbocycles. The van der Waals surface area contributed by atoms with Crippen LogP contribution in [0.25, 0.3) is 10.2 Å². The molecule has 0 bridgehead atoms. The number of fused-ring (bicyclic) bond motifs is 1. The molecule has 0 spiro atoms. The highest BCUT2D eigenvalue weighted by atomic mass is 35.5. The number of carbonyl (C=O) groups excluding carboxylic acids is 2. The van der Waals surface area contributed by atoms with E-state index in [9.17, 15) is 9.59 Å². The van der Waals surface area contributed by atoms with Crippen molar-refractivity contribution in [3.8, 4) is 0 Å². The zero-order valence-electron chi connectivity index (χ0n) is 11.8. The second-order valence-corrected chi connectivity index (χ2v) is 5.78. The Labute approximate surface area is 130 Å². The Morgan fingerprint density at radius 2 is 2.19 bits per heavy atom. The third kappa shape index (κ3) is 3.71. The summed E-state index contributed by atoms with van der Waals surface area (Å²) < 4.78 is 7.43. The van der Waals surface area contributed by atoms with Crippen molar-refractivity contribution in [2.24, 2.45) is 4.99 Å². The summed E-state index contributed by atoms with van der Waals surface area (Å²) >= 11 is 7.37. The van der Waals surface area contributed by atoms with Gasteiger partial charge in [-0.25, -0.2) is 0 Å². The van der Waals surface area contributed by atoms with Gasteiger partial charge in [0, 0.05) is 18.0 Å². The SMILES string of the molecule is CCC(=O)N=c1sc2cc(Cl)ccc2n1CCC(=O)OC. The van der Waals surface area contributed by atoms with Gasteiger partial charge in [-0.2, -0.15) is 4.99 Å². The number of carbonyl (C=O) groups is 2. The topological polar surface area (TPSA) is 60.7 Å². The molecule has 5 nitrogen and oxygen atoms in total. The lowest BCUT2D eigenvalue weighted by Gasteiger charge is -2.04. The van der Waals surface area contributed by atoms with Crippen molar-refractivity contribution >= 4 is 45.0 Å². The molecule has 0 saturated heterocycles. The first kappa shape index (κ1) is 15.7. The summed E-state index contributed by atoms with van der Waals surface area (Å²) in [7, 11) is 1.35. The molecule has 0 aliphatic rings. The summed E-state index contributed by atoms with van der Waals surface area (Å²) in [4.78, 5) is 27.6. The van der Waals surface area contributed by atoms with Gasteiger partial charge in [0.15, 0.2) is 4.80 Å². The standard InChI is InChI=1S/C14H15ClN2O3S/c1-3-12(18)16-14-17(7-6-13(19)20-2)10-5-4-9(15)8-11(10)21-14/h4-5,8H,3,6-7H2,1-2H3. The van der Waals surface area contributed by atoms with E-state index in [0.29, 0.717) is 22.8 Å². The zero-order chi connectivity index (χ0) is 15.4. The second kappa shape index (κ2) is 6.87. The average molecular weight is 327 g/mol. The molecule has 21 heavy (non-hydrogen) atoms. The highest BCUT2D eigenvalue weighted by Gasteiger charge is 2.10. The molecule has 2 aromatic rings. The first-order valence-electron chi connectivity index (χ1n) is 6.48. The van der Waals surface area contributed by atoms with E-state index in [2.05, 4.69) is 9.73 Å². The number of hydrogen-bond donors (Lipinski definition) is 0. The maximum absolute atomic E-state index is 11.6. The van der Waals surface area contributed by atoms with Crippen LogP contribution in [0.1, 0.15) is 19.8 Å². The van der Waals surface area contributed by atoms with E-state index in [0.717, 1.165) is 10.2 Å². The van der Waals surface area contributed by atoms with Gasteiger partial charge in [0.25, 0.3) is 0 Å². The van der Waals surface area contributed by atoms with Crippen LogP contribution in [0.15, 0.2) is 23.2 Å². The minimum atomic E-state index is -0.302. The van der Waals surface area contributed by atoms with Crippen LogP contribution in [0.3, 0.4) is 0 Å². The number of esters is 1. The smallest absolute Gasteiger partial charge is 0.307 e. The van der Waals surface area contributed by atoms with Gasteiger partial charge in [0.1, 0.15) is 0 Å². The molecule has 0 fully saturated rings. The number of aromatic nitrogens is 1. The molecular formula is C14H15ClN2O3S. The summed E-state index contributed by atoms with van der Waals surface area (Å²) in [5.74, 6) is -0.497. The minimum absolute atomic E-state index is 0.195. The van der Waals surface area contributed by atoms with Crippen LogP contribution in [-0.4, -0.2) is 23.6 Å². The van der Waals surface area contributed by atoms with E-state index in [1.807, 2.05) is 16.7 Å². The highest BCUT2D eigenvalue weighted by molar-refractivity contribution is 7.16. The minimum Gasteiger partial charge on any atom is -0.469 e. The molecule has 0 aliphatic carbocycles. The fourth-order valence-electron chi connectivity index (χ4n) is 1.84. The van der Waals surface area contributed by atoms with Gasteiger partial charge in [-0.15, -0.1) is 0 Å². The Balaban J connectivity index is 2.52. The Morgan fingerprint density at radius 3 is 2.86 bits per heavy atom. The third-order valence-electron chi connectivity index (χ3n) is 2.93.